The molecular formula is C9H16ClN3. The van der Waals surface area contributed by atoms with Crippen molar-refractivity contribution in [2.75, 3.05) is 0 Å². The van der Waals surface area contributed by atoms with E-state index in [0.717, 1.165) is 18.2 Å². The SMILES string of the molecule is CCn1c(CCl)nnc1C(C)(C)C. The van der Waals surface area contributed by atoms with Gasteiger partial charge in [0.25, 0.3) is 0 Å². The molecular weight excluding hydrogens is 186 g/mol. The Labute approximate surface area is 84.1 Å². The third kappa shape index (κ3) is 2.02. The molecule has 13 heavy (non-hydrogen) atoms. The van der Waals surface area contributed by atoms with E-state index in [1.165, 1.54) is 0 Å². The van der Waals surface area contributed by atoms with Gasteiger partial charge in [0.15, 0.2) is 0 Å². The van der Waals surface area contributed by atoms with Crippen molar-refractivity contribution in [3.8, 4) is 0 Å². The Morgan fingerprint density at radius 1 is 1.31 bits per heavy atom. The largest absolute Gasteiger partial charge is 0.314 e. The average molecular weight is 202 g/mol. The minimum atomic E-state index is 0.0350. The van der Waals surface area contributed by atoms with Gasteiger partial charge in [0, 0.05) is 12.0 Å². The van der Waals surface area contributed by atoms with Crippen LogP contribution in [0.4, 0.5) is 0 Å². The average Bonchev–Trinajstić information content (AvgIpc) is 2.45. The highest BCUT2D eigenvalue weighted by Gasteiger charge is 2.22. The molecule has 0 amide bonds. The first-order valence-electron chi connectivity index (χ1n) is 4.49. The van der Waals surface area contributed by atoms with E-state index in [1.807, 2.05) is 0 Å². The van der Waals surface area contributed by atoms with Gasteiger partial charge in [-0.1, -0.05) is 20.8 Å². The fourth-order valence-corrected chi connectivity index (χ4v) is 1.52. The van der Waals surface area contributed by atoms with Crippen molar-refractivity contribution >= 4 is 11.6 Å². The van der Waals surface area contributed by atoms with Crippen LogP contribution in [-0.4, -0.2) is 14.8 Å². The highest BCUT2D eigenvalue weighted by Crippen LogP contribution is 2.21. The Kier molecular flexibility index (Phi) is 2.96. The quantitative estimate of drug-likeness (QED) is 0.688. The van der Waals surface area contributed by atoms with Gasteiger partial charge in [-0.3, -0.25) is 0 Å². The maximum Gasteiger partial charge on any atom is 0.147 e. The third-order valence-electron chi connectivity index (χ3n) is 1.93. The van der Waals surface area contributed by atoms with Crippen LogP contribution in [0.2, 0.25) is 0 Å². The Bertz CT molecular complexity index is 286. The highest BCUT2D eigenvalue weighted by atomic mass is 35.5. The number of alkyl halides is 1. The molecule has 0 aliphatic rings. The van der Waals surface area contributed by atoms with Gasteiger partial charge in [-0.25, -0.2) is 0 Å². The predicted molar refractivity (Wildman–Crippen MR) is 54.0 cm³/mol. The molecule has 0 unspecified atom stereocenters. The van der Waals surface area contributed by atoms with Crippen molar-refractivity contribution in [2.24, 2.45) is 0 Å². The van der Waals surface area contributed by atoms with Gasteiger partial charge >= 0.3 is 0 Å². The Balaban J connectivity index is 3.16. The second-order valence-corrected chi connectivity index (χ2v) is 4.33. The van der Waals surface area contributed by atoms with Gasteiger partial charge in [-0.05, 0) is 6.92 Å². The molecule has 0 saturated heterocycles. The summed E-state index contributed by atoms with van der Waals surface area (Å²) in [5, 5.41) is 8.21. The molecule has 0 N–H and O–H groups in total. The van der Waals surface area contributed by atoms with Crippen LogP contribution in [0.1, 0.15) is 39.3 Å². The molecule has 1 heterocycles. The maximum absolute atomic E-state index is 5.75. The summed E-state index contributed by atoms with van der Waals surface area (Å²) in [5.74, 6) is 2.29. The molecule has 0 fully saturated rings. The normalized spacial score (nSPS) is 12.1. The van der Waals surface area contributed by atoms with Crippen LogP contribution in [-0.2, 0) is 17.8 Å². The van der Waals surface area contributed by atoms with Crippen molar-refractivity contribution in [3.63, 3.8) is 0 Å². The molecule has 1 rings (SSSR count). The molecule has 0 aromatic carbocycles. The van der Waals surface area contributed by atoms with Crippen molar-refractivity contribution in [2.45, 2.75) is 45.5 Å². The van der Waals surface area contributed by atoms with Gasteiger partial charge in [-0.15, -0.1) is 21.8 Å². The maximum atomic E-state index is 5.75. The molecule has 1 aromatic heterocycles. The Hall–Kier alpha value is -0.570. The van der Waals surface area contributed by atoms with E-state index in [9.17, 15) is 0 Å². The lowest BCUT2D eigenvalue weighted by atomic mass is 9.96. The van der Waals surface area contributed by atoms with Crippen LogP contribution >= 0.6 is 11.6 Å². The first-order valence-corrected chi connectivity index (χ1v) is 5.02. The minimum Gasteiger partial charge on any atom is -0.314 e. The molecule has 1 aromatic rings. The zero-order valence-electron chi connectivity index (χ0n) is 8.63. The summed E-state index contributed by atoms with van der Waals surface area (Å²) in [6.07, 6.45) is 0. The summed E-state index contributed by atoms with van der Waals surface area (Å²) in [5.41, 5.74) is 0.0350. The molecule has 0 radical (unpaired) electrons. The lowest BCUT2D eigenvalue weighted by molar-refractivity contribution is 0.501. The van der Waals surface area contributed by atoms with Gasteiger partial charge in [-0.2, -0.15) is 0 Å². The highest BCUT2D eigenvalue weighted by molar-refractivity contribution is 6.16. The second-order valence-electron chi connectivity index (χ2n) is 4.07. The molecule has 0 atom stereocenters. The summed E-state index contributed by atoms with van der Waals surface area (Å²) < 4.78 is 2.08. The third-order valence-corrected chi connectivity index (χ3v) is 2.17. The zero-order chi connectivity index (χ0) is 10.1. The van der Waals surface area contributed by atoms with Crippen LogP contribution in [0.15, 0.2) is 0 Å². The number of hydrogen-bond donors (Lipinski definition) is 0. The van der Waals surface area contributed by atoms with Crippen molar-refractivity contribution in [3.05, 3.63) is 11.6 Å². The number of halogens is 1. The van der Waals surface area contributed by atoms with E-state index >= 15 is 0 Å². The molecule has 0 bridgehead atoms. The number of aromatic nitrogens is 3. The first kappa shape index (κ1) is 10.5. The van der Waals surface area contributed by atoms with E-state index in [4.69, 9.17) is 11.6 Å². The Morgan fingerprint density at radius 3 is 2.31 bits per heavy atom. The summed E-state index contributed by atoms with van der Waals surface area (Å²) in [4.78, 5) is 0. The van der Waals surface area contributed by atoms with Crippen molar-refractivity contribution < 1.29 is 0 Å². The monoisotopic (exact) mass is 201 g/mol. The standard InChI is InChI=1S/C9H16ClN3/c1-5-13-7(6-10)11-12-8(13)9(2,3)4/h5-6H2,1-4H3. The lowest BCUT2D eigenvalue weighted by Crippen LogP contribution is -2.19. The summed E-state index contributed by atoms with van der Waals surface area (Å²) in [6, 6.07) is 0. The van der Waals surface area contributed by atoms with E-state index in [0.29, 0.717) is 5.88 Å². The minimum absolute atomic E-state index is 0.0350. The topological polar surface area (TPSA) is 30.7 Å². The molecule has 3 nitrogen and oxygen atoms in total. The predicted octanol–water partition coefficient (Wildman–Crippen LogP) is 2.33. The molecule has 4 heteroatoms. The molecule has 0 saturated carbocycles. The van der Waals surface area contributed by atoms with Gasteiger partial charge < -0.3 is 4.57 Å². The van der Waals surface area contributed by atoms with E-state index in [-0.39, 0.29) is 5.41 Å². The van der Waals surface area contributed by atoms with Gasteiger partial charge in [0.2, 0.25) is 0 Å². The fourth-order valence-electron chi connectivity index (χ4n) is 1.32. The van der Waals surface area contributed by atoms with E-state index < -0.39 is 0 Å². The molecule has 0 aliphatic carbocycles. The zero-order valence-corrected chi connectivity index (χ0v) is 9.39. The van der Waals surface area contributed by atoms with Crippen LogP contribution in [0.5, 0.6) is 0 Å². The smallest absolute Gasteiger partial charge is 0.147 e. The second kappa shape index (κ2) is 3.66. The van der Waals surface area contributed by atoms with Gasteiger partial charge in [0.1, 0.15) is 11.6 Å². The van der Waals surface area contributed by atoms with Crippen LogP contribution in [0, 0.1) is 0 Å². The molecule has 74 valence electrons. The number of rotatable bonds is 2. The van der Waals surface area contributed by atoms with Crippen molar-refractivity contribution in [1.29, 1.82) is 0 Å². The summed E-state index contributed by atoms with van der Waals surface area (Å²) in [7, 11) is 0. The summed E-state index contributed by atoms with van der Waals surface area (Å²) in [6.45, 7) is 9.33. The van der Waals surface area contributed by atoms with Crippen LogP contribution in [0.25, 0.3) is 0 Å². The van der Waals surface area contributed by atoms with E-state index in [2.05, 4.69) is 42.5 Å². The van der Waals surface area contributed by atoms with Crippen LogP contribution in [0.3, 0.4) is 0 Å². The lowest BCUT2D eigenvalue weighted by Gasteiger charge is -2.18. The van der Waals surface area contributed by atoms with E-state index in [1.54, 1.807) is 0 Å². The van der Waals surface area contributed by atoms with Crippen LogP contribution < -0.4 is 0 Å². The molecule has 0 aliphatic heterocycles. The van der Waals surface area contributed by atoms with Crippen molar-refractivity contribution in [1.82, 2.24) is 14.8 Å². The number of nitrogens with zero attached hydrogens (tertiary/aromatic N) is 3. The first-order chi connectivity index (χ1) is 6.00. The summed E-state index contributed by atoms with van der Waals surface area (Å²) >= 11 is 5.75. The Morgan fingerprint density at radius 2 is 1.92 bits per heavy atom. The molecule has 0 spiro atoms. The number of hydrogen-bond acceptors (Lipinski definition) is 2. The fraction of sp³-hybridized carbons (Fsp3) is 0.778. The van der Waals surface area contributed by atoms with Gasteiger partial charge in [0.05, 0.1) is 5.88 Å².